The highest BCUT2D eigenvalue weighted by molar-refractivity contribution is 7.22. The number of aromatic carboxylic acids is 1. The molecule has 0 aliphatic heterocycles. The Bertz CT molecular complexity index is 443. The summed E-state index contributed by atoms with van der Waals surface area (Å²) in [6.45, 7) is 1.94. The number of aryl methyl sites for hydroxylation is 1. The van der Waals surface area contributed by atoms with Crippen LogP contribution in [0.15, 0.2) is 6.07 Å². The van der Waals surface area contributed by atoms with Gasteiger partial charge in [-0.15, -0.1) is 11.3 Å². The van der Waals surface area contributed by atoms with Crippen molar-refractivity contribution in [3.8, 4) is 0 Å². The topological polar surface area (TPSA) is 50.2 Å². The average molecular weight is 199 g/mol. The maximum atomic E-state index is 10.6. The maximum absolute atomic E-state index is 10.6. The Morgan fingerprint density at radius 3 is 3.00 bits per heavy atom. The van der Waals surface area contributed by atoms with Crippen LogP contribution >= 0.6 is 22.9 Å². The molecule has 5 heteroatoms. The van der Waals surface area contributed by atoms with E-state index in [1.54, 1.807) is 6.07 Å². The van der Waals surface area contributed by atoms with Crippen LogP contribution in [0.1, 0.15) is 14.5 Å². The summed E-state index contributed by atoms with van der Waals surface area (Å²) in [5, 5.41) is 9.66. The molecule has 12 heavy (non-hydrogen) atoms. The van der Waals surface area contributed by atoms with Crippen LogP contribution in [0, 0.1) is 6.92 Å². The van der Waals surface area contributed by atoms with Gasteiger partial charge in [0, 0.05) is 10.3 Å². The van der Waals surface area contributed by atoms with E-state index in [2.05, 4.69) is 4.37 Å². The van der Waals surface area contributed by atoms with Gasteiger partial charge in [-0.25, -0.2) is 4.79 Å². The zero-order chi connectivity index (χ0) is 8.72. The molecule has 62 valence electrons. The molecular weight excluding hydrogens is 194 g/mol. The molecule has 0 aromatic carbocycles. The maximum Gasteiger partial charge on any atom is 0.345 e. The van der Waals surface area contributed by atoms with Crippen molar-refractivity contribution in [2.75, 3.05) is 0 Å². The lowest BCUT2D eigenvalue weighted by Crippen LogP contribution is -1.89. The molecule has 0 fully saturated rings. The number of hydrogen-bond donors (Lipinski definition) is 1. The van der Waals surface area contributed by atoms with Crippen LogP contribution < -0.4 is 0 Å². The number of aromatic nitrogens is 1. The Hall–Kier alpha value is -0.940. The first-order valence-electron chi connectivity index (χ1n) is 3.27. The Balaban J connectivity index is 2.70. The molecule has 0 spiro atoms. The number of carbonyl (C=O) groups is 1. The fraction of sp³-hybridized carbons (Fsp3) is 0.143. The Kier molecular flexibility index (Phi) is 1.62. The van der Waals surface area contributed by atoms with Crippen LogP contribution in [-0.4, -0.2) is 15.4 Å². The third-order valence-corrected chi connectivity index (χ3v) is 3.47. The molecule has 0 saturated carbocycles. The van der Waals surface area contributed by atoms with E-state index in [4.69, 9.17) is 5.11 Å². The Morgan fingerprint density at radius 1 is 1.67 bits per heavy atom. The molecule has 3 nitrogen and oxygen atoms in total. The molecule has 0 atom stereocenters. The van der Waals surface area contributed by atoms with Crippen LogP contribution in [0.3, 0.4) is 0 Å². The Morgan fingerprint density at radius 2 is 2.42 bits per heavy atom. The zero-order valence-electron chi connectivity index (χ0n) is 6.20. The highest BCUT2D eigenvalue weighted by Crippen LogP contribution is 2.29. The van der Waals surface area contributed by atoms with Crippen molar-refractivity contribution in [1.82, 2.24) is 4.37 Å². The predicted molar refractivity (Wildman–Crippen MR) is 49.2 cm³/mol. The number of thiophene rings is 1. The monoisotopic (exact) mass is 199 g/mol. The summed E-state index contributed by atoms with van der Waals surface area (Å²) < 4.78 is 4.12. The van der Waals surface area contributed by atoms with Crippen LogP contribution in [0.25, 0.3) is 10.2 Å². The first-order valence-corrected chi connectivity index (χ1v) is 4.86. The van der Waals surface area contributed by atoms with Gasteiger partial charge in [-0.3, -0.25) is 0 Å². The van der Waals surface area contributed by atoms with Crippen molar-refractivity contribution < 1.29 is 9.90 Å². The summed E-state index contributed by atoms with van der Waals surface area (Å²) in [7, 11) is 0. The van der Waals surface area contributed by atoms with Gasteiger partial charge in [-0.05, 0) is 24.5 Å². The summed E-state index contributed by atoms with van der Waals surface area (Å²) in [6.07, 6.45) is 0. The van der Waals surface area contributed by atoms with E-state index in [0.29, 0.717) is 4.88 Å². The summed E-state index contributed by atoms with van der Waals surface area (Å²) >= 11 is 2.64. The summed E-state index contributed by atoms with van der Waals surface area (Å²) in [5.74, 6) is -0.873. The smallest absolute Gasteiger partial charge is 0.345 e. The lowest BCUT2D eigenvalue weighted by atomic mass is 10.3. The molecule has 2 aromatic rings. The number of hydrogen-bond acceptors (Lipinski definition) is 4. The van der Waals surface area contributed by atoms with Gasteiger partial charge in [-0.2, -0.15) is 4.37 Å². The molecular formula is C7H5NO2S2. The van der Waals surface area contributed by atoms with Crippen LogP contribution in [0.4, 0.5) is 0 Å². The minimum atomic E-state index is -0.873. The SMILES string of the molecule is Cc1snc2sc(C(=O)O)cc12. The Labute approximate surface area is 76.4 Å². The van der Waals surface area contributed by atoms with Gasteiger partial charge in [0.25, 0.3) is 0 Å². The lowest BCUT2D eigenvalue weighted by molar-refractivity contribution is 0.0702. The van der Waals surface area contributed by atoms with E-state index in [1.165, 1.54) is 22.9 Å². The van der Waals surface area contributed by atoms with Crippen molar-refractivity contribution in [2.45, 2.75) is 6.92 Å². The summed E-state index contributed by atoms with van der Waals surface area (Å²) in [4.78, 5) is 12.8. The second kappa shape index (κ2) is 2.53. The van der Waals surface area contributed by atoms with Gasteiger partial charge in [0.15, 0.2) is 0 Å². The first-order chi connectivity index (χ1) is 5.68. The number of rotatable bonds is 1. The number of carboxylic acid groups (broad SMARTS) is 1. The quantitative estimate of drug-likeness (QED) is 0.767. The molecule has 0 unspecified atom stereocenters. The molecule has 2 heterocycles. The van der Waals surface area contributed by atoms with Crippen molar-refractivity contribution in [3.05, 3.63) is 15.8 Å². The van der Waals surface area contributed by atoms with Crippen LogP contribution in [-0.2, 0) is 0 Å². The van der Waals surface area contributed by atoms with Gasteiger partial charge in [0.2, 0.25) is 0 Å². The second-order valence-electron chi connectivity index (χ2n) is 2.37. The highest BCUT2D eigenvalue weighted by atomic mass is 32.1. The summed E-state index contributed by atoms with van der Waals surface area (Å²) in [6, 6.07) is 1.68. The van der Waals surface area contributed by atoms with Gasteiger partial charge in [0.1, 0.15) is 9.71 Å². The number of carboxylic acids is 1. The molecule has 0 radical (unpaired) electrons. The first kappa shape index (κ1) is 7.70. The lowest BCUT2D eigenvalue weighted by Gasteiger charge is -1.81. The predicted octanol–water partition coefficient (Wildman–Crippen LogP) is 2.36. The van der Waals surface area contributed by atoms with Crippen molar-refractivity contribution in [3.63, 3.8) is 0 Å². The van der Waals surface area contributed by atoms with Crippen LogP contribution in [0.2, 0.25) is 0 Å². The second-order valence-corrected chi connectivity index (χ2v) is 4.38. The molecule has 0 aliphatic rings. The minimum absolute atomic E-state index is 0.364. The van der Waals surface area contributed by atoms with E-state index in [1.807, 2.05) is 6.92 Å². The van der Waals surface area contributed by atoms with E-state index in [0.717, 1.165) is 15.1 Å². The highest BCUT2D eigenvalue weighted by Gasteiger charge is 2.11. The molecule has 0 aliphatic carbocycles. The standard InChI is InChI=1S/C7H5NO2S2/c1-3-4-2-5(7(9)10)11-6(4)8-12-3/h2H,1H3,(H,9,10). The van der Waals surface area contributed by atoms with Gasteiger partial charge < -0.3 is 5.11 Å². The van der Waals surface area contributed by atoms with Crippen molar-refractivity contribution in [2.24, 2.45) is 0 Å². The zero-order valence-corrected chi connectivity index (χ0v) is 7.83. The van der Waals surface area contributed by atoms with Crippen molar-refractivity contribution >= 4 is 39.1 Å². The molecule has 2 rings (SSSR count). The third-order valence-electron chi connectivity index (χ3n) is 1.57. The molecule has 0 bridgehead atoms. The van der Waals surface area contributed by atoms with Crippen LogP contribution in [0.5, 0.6) is 0 Å². The largest absolute Gasteiger partial charge is 0.477 e. The van der Waals surface area contributed by atoms with Gasteiger partial charge in [0.05, 0.1) is 0 Å². The van der Waals surface area contributed by atoms with Gasteiger partial charge in [-0.1, -0.05) is 0 Å². The fourth-order valence-corrected chi connectivity index (χ4v) is 2.66. The minimum Gasteiger partial charge on any atom is -0.477 e. The van der Waals surface area contributed by atoms with E-state index >= 15 is 0 Å². The van der Waals surface area contributed by atoms with E-state index < -0.39 is 5.97 Å². The molecule has 0 amide bonds. The van der Waals surface area contributed by atoms with E-state index in [9.17, 15) is 4.79 Å². The number of fused-ring (bicyclic) bond motifs is 1. The molecule has 1 N–H and O–H groups in total. The number of nitrogens with zero attached hydrogens (tertiary/aromatic N) is 1. The third kappa shape index (κ3) is 1.02. The average Bonchev–Trinajstić information content (AvgIpc) is 2.53. The molecule has 0 saturated heterocycles. The van der Waals surface area contributed by atoms with Gasteiger partial charge >= 0.3 is 5.97 Å². The summed E-state index contributed by atoms with van der Waals surface area (Å²) in [5.41, 5.74) is 0. The van der Waals surface area contributed by atoms with Crippen molar-refractivity contribution in [1.29, 1.82) is 0 Å². The fourth-order valence-electron chi connectivity index (χ4n) is 0.966. The van der Waals surface area contributed by atoms with E-state index in [-0.39, 0.29) is 0 Å². The molecule has 2 aromatic heterocycles. The normalized spacial score (nSPS) is 10.8.